The number of hydrogen-bond acceptors (Lipinski definition) is 2. The van der Waals surface area contributed by atoms with E-state index in [0.717, 1.165) is 18.8 Å². The van der Waals surface area contributed by atoms with Crippen LogP contribution >= 0.6 is 11.8 Å². The van der Waals surface area contributed by atoms with E-state index >= 15 is 0 Å². The minimum absolute atomic E-state index is 0.217. The van der Waals surface area contributed by atoms with Gasteiger partial charge in [-0.2, -0.15) is 0 Å². The molecule has 12 heavy (non-hydrogen) atoms. The molecule has 0 fully saturated rings. The molecule has 70 valence electrons. The first kappa shape index (κ1) is 10.1. The molecule has 0 aromatic rings. The van der Waals surface area contributed by atoms with E-state index in [0.29, 0.717) is 5.25 Å². The Bertz CT molecular complexity index is 171. The molecule has 0 radical (unpaired) electrons. The molecule has 1 nitrogen and oxygen atoms in total. The molecule has 0 bridgehead atoms. The molecular formula is C10H19NS. The van der Waals surface area contributed by atoms with Crippen LogP contribution in [-0.4, -0.2) is 16.3 Å². The highest BCUT2D eigenvalue weighted by molar-refractivity contribution is 8.02. The predicted octanol–water partition coefficient (Wildman–Crippen LogP) is 3.34. The zero-order valence-corrected chi connectivity index (χ0v) is 9.32. The van der Waals surface area contributed by atoms with E-state index in [-0.39, 0.29) is 4.87 Å². The Balaban J connectivity index is 2.61. The SMILES string of the molecule is CCC1(CC)N=CC(C(C)C)S1. The van der Waals surface area contributed by atoms with Crippen molar-refractivity contribution in [2.24, 2.45) is 10.9 Å². The third kappa shape index (κ3) is 1.85. The maximum atomic E-state index is 4.64. The van der Waals surface area contributed by atoms with Crippen LogP contribution in [0, 0.1) is 5.92 Å². The standard InChI is InChI=1S/C10H19NS/c1-5-10(6-2)11-7-9(12-10)8(3)4/h7-9H,5-6H2,1-4H3. The van der Waals surface area contributed by atoms with E-state index in [2.05, 4.69) is 38.9 Å². The Morgan fingerprint density at radius 3 is 2.25 bits per heavy atom. The Labute approximate surface area is 80.0 Å². The van der Waals surface area contributed by atoms with Gasteiger partial charge in [-0.05, 0) is 18.8 Å². The Hall–Kier alpha value is 0.0200. The van der Waals surface area contributed by atoms with Crippen LogP contribution in [0.15, 0.2) is 4.99 Å². The molecule has 0 aromatic heterocycles. The van der Waals surface area contributed by atoms with Crippen LogP contribution in [0.5, 0.6) is 0 Å². The molecule has 1 rings (SSSR count). The first-order chi connectivity index (χ1) is 5.63. The van der Waals surface area contributed by atoms with Crippen molar-refractivity contribution in [1.82, 2.24) is 0 Å². The van der Waals surface area contributed by atoms with Gasteiger partial charge in [0.25, 0.3) is 0 Å². The maximum Gasteiger partial charge on any atom is 0.105 e. The highest BCUT2D eigenvalue weighted by Gasteiger charge is 2.34. The van der Waals surface area contributed by atoms with Gasteiger partial charge >= 0.3 is 0 Å². The quantitative estimate of drug-likeness (QED) is 0.657. The molecule has 2 heteroatoms. The monoisotopic (exact) mass is 185 g/mol. The van der Waals surface area contributed by atoms with Gasteiger partial charge in [-0.3, -0.25) is 4.99 Å². The molecule has 0 spiro atoms. The van der Waals surface area contributed by atoms with Gasteiger partial charge in [0, 0.05) is 11.5 Å². The van der Waals surface area contributed by atoms with Gasteiger partial charge in [0.05, 0.1) is 0 Å². The number of thioether (sulfide) groups is 1. The first-order valence-corrected chi connectivity index (χ1v) is 5.74. The normalized spacial score (nSPS) is 26.9. The second-order valence-electron chi connectivity index (χ2n) is 3.76. The molecule has 1 aliphatic rings. The second-order valence-corrected chi connectivity index (χ2v) is 5.30. The zero-order valence-electron chi connectivity index (χ0n) is 8.50. The van der Waals surface area contributed by atoms with Gasteiger partial charge < -0.3 is 0 Å². The molecule has 0 saturated heterocycles. The lowest BCUT2D eigenvalue weighted by molar-refractivity contribution is 0.582. The van der Waals surface area contributed by atoms with Crippen LogP contribution in [-0.2, 0) is 0 Å². The van der Waals surface area contributed by atoms with E-state index in [4.69, 9.17) is 0 Å². The zero-order chi connectivity index (χ0) is 9.19. The Morgan fingerprint density at radius 2 is 2.00 bits per heavy atom. The van der Waals surface area contributed by atoms with Crippen LogP contribution in [0.4, 0.5) is 0 Å². The molecule has 0 amide bonds. The van der Waals surface area contributed by atoms with Crippen molar-refractivity contribution in [2.75, 3.05) is 0 Å². The smallest absolute Gasteiger partial charge is 0.105 e. The largest absolute Gasteiger partial charge is 0.279 e. The fraction of sp³-hybridized carbons (Fsp3) is 0.900. The van der Waals surface area contributed by atoms with E-state index in [1.807, 2.05) is 11.8 Å². The average molecular weight is 185 g/mol. The molecule has 1 heterocycles. The topological polar surface area (TPSA) is 12.4 Å². The summed E-state index contributed by atoms with van der Waals surface area (Å²) in [7, 11) is 0. The average Bonchev–Trinajstić information content (AvgIpc) is 2.49. The van der Waals surface area contributed by atoms with Crippen LogP contribution in [0.1, 0.15) is 40.5 Å². The minimum Gasteiger partial charge on any atom is -0.279 e. The highest BCUT2D eigenvalue weighted by atomic mass is 32.2. The number of nitrogens with zero attached hydrogens (tertiary/aromatic N) is 1. The maximum absolute atomic E-state index is 4.64. The van der Waals surface area contributed by atoms with Crippen molar-refractivity contribution in [1.29, 1.82) is 0 Å². The third-order valence-corrected chi connectivity index (χ3v) is 4.63. The summed E-state index contributed by atoms with van der Waals surface area (Å²) in [6.45, 7) is 9.00. The van der Waals surface area contributed by atoms with Gasteiger partial charge in [0.15, 0.2) is 0 Å². The molecule has 0 N–H and O–H groups in total. The van der Waals surface area contributed by atoms with Gasteiger partial charge in [0.1, 0.15) is 4.87 Å². The fourth-order valence-corrected chi connectivity index (χ4v) is 2.79. The van der Waals surface area contributed by atoms with E-state index in [1.165, 1.54) is 0 Å². The van der Waals surface area contributed by atoms with E-state index < -0.39 is 0 Å². The second kappa shape index (κ2) is 3.82. The molecule has 0 aliphatic carbocycles. The Kier molecular flexibility index (Phi) is 3.22. The van der Waals surface area contributed by atoms with E-state index in [9.17, 15) is 0 Å². The summed E-state index contributed by atoms with van der Waals surface area (Å²) in [5.74, 6) is 0.721. The minimum atomic E-state index is 0.217. The van der Waals surface area contributed by atoms with Crippen molar-refractivity contribution in [3.05, 3.63) is 0 Å². The van der Waals surface area contributed by atoms with Gasteiger partial charge in [-0.15, -0.1) is 11.8 Å². The summed E-state index contributed by atoms with van der Waals surface area (Å²) in [6, 6.07) is 0. The molecular weight excluding hydrogens is 166 g/mol. The molecule has 1 aliphatic heterocycles. The van der Waals surface area contributed by atoms with Gasteiger partial charge in [-0.1, -0.05) is 27.7 Å². The summed E-state index contributed by atoms with van der Waals surface area (Å²) < 4.78 is 0. The predicted molar refractivity (Wildman–Crippen MR) is 58.0 cm³/mol. The van der Waals surface area contributed by atoms with Crippen molar-refractivity contribution in [3.8, 4) is 0 Å². The van der Waals surface area contributed by atoms with Crippen molar-refractivity contribution in [3.63, 3.8) is 0 Å². The number of rotatable bonds is 3. The Morgan fingerprint density at radius 1 is 1.42 bits per heavy atom. The molecule has 1 unspecified atom stereocenters. The lowest BCUT2D eigenvalue weighted by Crippen LogP contribution is -2.19. The number of hydrogen-bond donors (Lipinski definition) is 0. The molecule has 0 saturated carbocycles. The molecule has 0 aromatic carbocycles. The summed E-state index contributed by atoms with van der Waals surface area (Å²) in [4.78, 5) is 4.86. The van der Waals surface area contributed by atoms with Crippen LogP contribution < -0.4 is 0 Å². The van der Waals surface area contributed by atoms with Crippen molar-refractivity contribution < 1.29 is 0 Å². The fourth-order valence-electron chi connectivity index (χ4n) is 1.43. The van der Waals surface area contributed by atoms with Crippen LogP contribution in [0.2, 0.25) is 0 Å². The van der Waals surface area contributed by atoms with Crippen LogP contribution in [0.25, 0.3) is 0 Å². The van der Waals surface area contributed by atoms with Gasteiger partial charge in [0.2, 0.25) is 0 Å². The summed E-state index contributed by atoms with van der Waals surface area (Å²) in [5.41, 5.74) is 0. The highest BCUT2D eigenvalue weighted by Crippen LogP contribution is 2.42. The van der Waals surface area contributed by atoms with Crippen molar-refractivity contribution in [2.45, 2.75) is 50.7 Å². The third-order valence-electron chi connectivity index (χ3n) is 2.57. The lowest BCUT2D eigenvalue weighted by Gasteiger charge is -2.24. The summed E-state index contributed by atoms with van der Waals surface area (Å²) >= 11 is 2.04. The van der Waals surface area contributed by atoms with Gasteiger partial charge in [-0.25, -0.2) is 0 Å². The number of aliphatic imine (C=N–C) groups is 1. The summed E-state index contributed by atoms with van der Waals surface area (Å²) in [6.07, 6.45) is 4.48. The van der Waals surface area contributed by atoms with Crippen molar-refractivity contribution >= 4 is 18.0 Å². The van der Waals surface area contributed by atoms with Crippen LogP contribution in [0.3, 0.4) is 0 Å². The molecule has 1 atom stereocenters. The van der Waals surface area contributed by atoms with E-state index in [1.54, 1.807) is 0 Å². The summed E-state index contributed by atoms with van der Waals surface area (Å²) in [5, 5.41) is 0.643. The lowest BCUT2D eigenvalue weighted by atomic mass is 10.1. The first-order valence-electron chi connectivity index (χ1n) is 4.86.